The molecule has 20 heavy (non-hydrogen) atoms. The first kappa shape index (κ1) is 14.3. The third kappa shape index (κ3) is 2.74. The predicted octanol–water partition coefficient (Wildman–Crippen LogP) is 4.57. The van der Waals surface area contributed by atoms with Crippen molar-refractivity contribution >= 4 is 21.6 Å². The van der Waals surface area contributed by atoms with Crippen LogP contribution in [0.2, 0.25) is 0 Å². The molecule has 4 nitrogen and oxygen atoms in total. The van der Waals surface area contributed by atoms with Crippen LogP contribution in [0.15, 0.2) is 34.8 Å². The van der Waals surface area contributed by atoms with Gasteiger partial charge in [-0.1, -0.05) is 0 Å². The van der Waals surface area contributed by atoms with Gasteiger partial charge in [-0.15, -0.1) is 0 Å². The van der Waals surface area contributed by atoms with Gasteiger partial charge < -0.3 is 4.74 Å². The predicted molar refractivity (Wildman–Crippen MR) is 67.2 cm³/mol. The molecular formula is C12H5BrF3NO3. The number of hydrogen-bond acceptors (Lipinski definition) is 3. The van der Waals surface area contributed by atoms with Crippen LogP contribution in [-0.2, 0) is 0 Å². The molecule has 0 aliphatic carbocycles. The maximum atomic E-state index is 13.6. The lowest BCUT2D eigenvalue weighted by Crippen LogP contribution is -1.99. The summed E-state index contributed by atoms with van der Waals surface area (Å²) in [5.41, 5.74) is -0.764. The fourth-order valence-corrected chi connectivity index (χ4v) is 1.76. The highest BCUT2D eigenvalue weighted by Crippen LogP contribution is 2.38. The van der Waals surface area contributed by atoms with Crippen LogP contribution in [0.4, 0.5) is 18.9 Å². The average Bonchev–Trinajstić information content (AvgIpc) is 2.39. The third-order valence-electron chi connectivity index (χ3n) is 2.33. The van der Waals surface area contributed by atoms with Gasteiger partial charge in [0.05, 0.1) is 9.40 Å². The second kappa shape index (κ2) is 5.49. The van der Waals surface area contributed by atoms with E-state index in [1.165, 1.54) is 6.07 Å². The summed E-state index contributed by atoms with van der Waals surface area (Å²) in [6.07, 6.45) is 0. The number of ether oxygens (including phenoxy) is 1. The Hall–Kier alpha value is -2.09. The number of hydrogen-bond donors (Lipinski definition) is 0. The van der Waals surface area contributed by atoms with E-state index in [0.717, 1.165) is 18.2 Å². The van der Waals surface area contributed by atoms with E-state index < -0.39 is 33.8 Å². The van der Waals surface area contributed by atoms with Crippen LogP contribution in [0.25, 0.3) is 0 Å². The molecule has 0 aliphatic rings. The number of nitrogens with zero attached hydrogens (tertiary/aromatic N) is 1. The molecule has 0 fully saturated rings. The van der Waals surface area contributed by atoms with Crippen molar-refractivity contribution in [1.29, 1.82) is 0 Å². The highest BCUT2D eigenvalue weighted by Gasteiger charge is 2.24. The van der Waals surface area contributed by atoms with E-state index in [2.05, 4.69) is 15.9 Å². The molecule has 2 rings (SSSR count). The van der Waals surface area contributed by atoms with Gasteiger partial charge in [-0.2, -0.15) is 4.39 Å². The quantitative estimate of drug-likeness (QED) is 0.603. The highest BCUT2D eigenvalue weighted by molar-refractivity contribution is 9.10. The number of nitro benzene ring substituents is 1. The van der Waals surface area contributed by atoms with Gasteiger partial charge in [-0.25, -0.2) is 8.78 Å². The monoisotopic (exact) mass is 347 g/mol. The fourth-order valence-electron chi connectivity index (χ4n) is 1.43. The summed E-state index contributed by atoms with van der Waals surface area (Å²) in [4.78, 5) is 9.85. The normalized spacial score (nSPS) is 10.4. The van der Waals surface area contributed by atoms with Gasteiger partial charge >= 0.3 is 5.69 Å². The molecule has 2 aromatic rings. The van der Waals surface area contributed by atoms with Crippen LogP contribution in [0.1, 0.15) is 0 Å². The molecule has 0 heterocycles. The number of rotatable bonds is 3. The smallest absolute Gasteiger partial charge is 0.314 e. The molecule has 0 radical (unpaired) electrons. The van der Waals surface area contributed by atoms with Crippen LogP contribution in [0.5, 0.6) is 11.5 Å². The van der Waals surface area contributed by atoms with E-state index >= 15 is 0 Å². The fraction of sp³-hybridized carbons (Fsp3) is 0. The maximum absolute atomic E-state index is 13.6. The first-order valence-corrected chi connectivity index (χ1v) is 5.94. The van der Waals surface area contributed by atoms with Crippen LogP contribution >= 0.6 is 15.9 Å². The molecule has 0 N–H and O–H groups in total. The van der Waals surface area contributed by atoms with Crippen molar-refractivity contribution in [3.8, 4) is 11.5 Å². The number of halogens is 4. The maximum Gasteiger partial charge on any atom is 0.314 e. The van der Waals surface area contributed by atoms with E-state index in [1.807, 2.05) is 0 Å². The van der Waals surface area contributed by atoms with Gasteiger partial charge in [0.2, 0.25) is 11.6 Å². The molecular weight excluding hydrogens is 343 g/mol. The molecule has 0 amide bonds. The minimum Gasteiger partial charge on any atom is -0.446 e. The Morgan fingerprint density at radius 2 is 1.85 bits per heavy atom. The zero-order valence-corrected chi connectivity index (χ0v) is 11.2. The highest BCUT2D eigenvalue weighted by atomic mass is 79.9. The largest absolute Gasteiger partial charge is 0.446 e. The molecule has 0 bridgehead atoms. The first-order chi connectivity index (χ1) is 9.40. The minimum atomic E-state index is -1.52. The Morgan fingerprint density at radius 1 is 1.15 bits per heavy atom. The van der Waals surface area contributed by atoms with Gasteiger partial charge in [0, 0.05) is 12.1 Å². The summed E-state index contributed by atoms with van der Waals surface area (Å²) < 4.78 is 45.0. The van der Waals surface area contributed by atoms with Crippen molar-refractivity contribution in [2.45, 2.75) is 0 Å². The van der Waals surface area contributed by atoms with Gasteiger partial charge in [0.25, 0.3) is 0 Å². The topological polar surface area (TPSA) is 52.4 Å². The Morgan fingerprint density at radius 3 is 2.50 bits per heavy atom. The van der Waals surface area contributed by atoms with Gasteiger partial charge in [0.1, 0.15) is 11.6 Å². The van der Waals surface area contributed by atoms with Crippen molar-refractivity contribution in [2.75, 3.05) is 0 Å². The molecule has 0 atom stereocenters. The van der Waals surface area contributed by atoms with E-state index in [-0.39, 0.29) is 10.2 Å². The zero-order valence-electron chi connectivity index (χ0n) is 9.57. The van der Waals surface area contributed by atoms with Crippen molar-refractivity contribution < 1.29 is 22.8 Å². The van der Waals surface area contributed by atoms with Gasteiger partial charge in [0.15, 0.2) is 5.82 Å². The summed E-state index contributed by atoms with van der Waals surface area (Å²) in [7, 11) is 0. The van der Waals surface area contributed by atoms with E-state index in [9.17, 15) is 23.3 Å². The van der Waals surface area contributed by atoms with Crippen LogP contribution in [0.3, 0.4) is 0 Å². The van der Waals surface area contributed by atoms with E-state index in [4.69, 9.17) is 4.74 Å². The molecule has 0 saturated carbocycles. The second-order valence-electron chi connectivity index (χ2n) is 3.64. The first-order valence-electron chi connectivity index (χ1n) is 5.15. The standard InChI is InChI=1S/C12H5BrF3NO3/c13-7-2-1-6(14)5-10(7)20-12-9(17(18)19)4-3-8(15)11(12)16/h1-5H. The van der Waals surface area contributed by atoms with Crippen LogP contribution < -0.4 is 4.74 Å². The molecule has 0 aliphatic heterocycles. The van der Waals surface area contributed by atoms with E-state index in [1.54, 1.807) is 0 Å². The number of nitro groups is 1. The van der Waals surface area contributed by atoms with Gasteiger partial charge in [-0.3, -0.25) is 10.1 Å². The third-order valence-corrected chi connectivity index (χ3v) is 2.99. The summed E-state index contributed by atoms with van der Waals surface area (Å²) >= 11 is 3.01. The minimum absolute atomic E-state index is 0.211. The van der Waals surface area contributed by atoms with Crippen molar-refractivity contribution in [1.82, 2.24) is 0 Å². The number of benzene rings is 2. The molecule has 2 aromatic carbocycles. The van der Waals surface area contributed by atoms with Crippen molar-refractivity contribution in [3.05, 3.63) is 62.4 Å². The molecule has 0 spiro atoms. The van der Waals surface area contributed by atoms with Crippen LogP contribution in [0, 0.1) is 27.6 Å². The second-order valence-corrected chi connectivity index (χ2v) is 4.50. The summed E-state index contributed by atoms with van der Waals surface area (Å²) in [6, 6.07) is 4.64. The average molecular weight is 348 g/mol. The summed E-state index contributed by atoms with van der Waals surface area (Å²) in [5.74, 6) is -4.64. The van der Waals surface area contributed by atoms with Crippen LogP contribution in [-0.4, -0.2) is 4.92 Å². The lowest BCUT2D eigenvalue weighted by molar-refractivity contribution is -0.385. The van der Waals surface area contributed by atoms with Crippen molar-refractivity contribution in [2.24, 2.45) is 0 Å². The zero-order chi connectivity index (χ0) is 14.9. The van der Waals surface area contributed by atoms with Gasteiger partial charge in [-0.05, 0) is 34.1 Å². The Balaban J connectivity index is 2.55. The lowest BCUT2D eigenvalue weighted by atomic mass is 10.2. The Labute approximate surface area is 119 Å². The summed E-state index contributed by atoms with van der Waals surface area (Å²) in [5, 5.41) is 10.8. The molecule has 0 unspecified atom stereocenters. The lowest BCUT2D eigenvalue weighted by Gasteiger charge is -2.09. The SMILES string of the molecule is O=[N+]([O-])c1ccc(F)c(F)c1Oc1cc(F)ccc1Br. The molecule has 0 saturated heterocycles. The van der Waals surface area contributed by atoms with E-state index in [0.29, 0.717) is 6.07 Å². The molecule has 0 aromatic heterocycles. The van der Waals surface area contributed by atoms with Crippen molar-refractivity contribution in [3.63, 3.8) is 0 Å². The molecule has 8 heteroatoms. The Kier molecular flexibility index (Phi) is 3.93. The summed E-state index contributed by atoms with van der Waals surface area (Å²) in [6.45, 7) is 0. The Bertz CT molecular complexity index is 694. The molecule has 104 valence electrons.